The van der Waals surface area contributed by atoms with Crippen LogP contribution >= 0.6 is 11.6 Å². The maximum absolute atomic E-state index is 12.9. The third-order valence-corrected chi connectivity index (χ3v) is 6.28. The molecule has 152 valence electrons. The van der Waals surface area contributed by atoms with E-state index in [1.54, 1.807) is 25.1 Å². The number of hydrogen-bond acceptors (Lipinski definition) is 4. The minimum absolute atomic E-state index is 0.129. The minimum Gasteiger partial charge on any atom is -0.382 e. The average molecular weight is 425 g/mol. The fourth-order valence-electron chi connectivity index (χ4n) is 2.61. The molecule has 0 aliphatic carbocycles. The maximum atomic E-state index is 12.9. The Balaban J connectivity index is 2.19. The van der Waals surface area contributed by atoms with Crippen LogP contribution in [0.25, 0.3) is 0 Å². The number of nitrogens with zero attached hydrogens (tertiary/aromatic N) is 1. The van der Waals surface area contributed by atoms with Crippen molar-refractivity contribution in [2.24, 2.45) is 0 Å². The molecular formula is C20H25ClN2O4S. The molecule has 1 amide bonds. The first-order chi connectivity index (χ1) is 13.3. The number of amides is 1. The van der Waals surface area contributed by atoms with Crippen molar-refractivity contribution in [2.45, 2.75) is 25.2 Å². The zero-order valence-electron chi connectivity index (χ0n) is 16.2. The Labute approximate surface area is 171 Å². The van der Waals surface area contributed by atoms with Crippen LogP contribution in [-0.4, -0.2) is 41.1 Å². The van der Waals surface area contributed by atoms with E-state index in [9.17, 15) is 13.2 Å². The van der Waals surface area contributed by atoms with Gasteiger partial charge in [0.1, 0.15) is 0 Å². The molecule has 2 aromatic rings. The van der Waals surface area contributed by atoms with Gasteiger partial charge in [0.25, 0.3) is 15.9 Å². The van der Waals surface area contributed by atoms with Gasteiger partial charge in [-0.1, -0.05) is 17.7 Å². The van der Waals surface area contributed by atoms with E-state index in [1.807, 2.05) is 6.92 Å². The highest BCUT2D eigenvalue weighted by Gasteiger charge is 2.23. The van der Waals surface area contributed by atoms with E-state index >= 15 is 0 Å². The van der Waals surface area contributed by atoms with Gasteiger partial charge in [-0.2, -0.15) is 0 Å². The normalized spacial score (nSPS) is 11.3. The number of benzene rings is 2. The largest absolute Gasteiger partial charge is 0.382 e. The molecule has 0 saturated carbocycles. The minimum atomic E-state index is -3.77. The molecule has 0 unspecified atom stereocenters. The van der Waals surface area contributed by atoms with Gasteiger partial charge >= 0.3 is 0 Å². The Bertz CT molecular complexity index is 914. The number of ether oxygens (including phenoxy) is 1. The second kappa shape index (κ2) is 9.91. The molecule has 0 atom stereocenters. The average Bonchev–Trinajstić information content (AvgIpc) is 2.67. The van der Waals surface area contributed by atoms with Gasteiger partial charge in [0.2, 0.25) is 0 Å². The first kappa shape index (κ1) is 22.2. The van der Waals surface area contributed by atoms with Crippen molar-refractivity contribution in [3.8, 4) is 0 Å². The Morgan fingerprint density at radius 1 is 1.18 bits per heavy atom. The summed E-state index contributed by atoms with van der Waals surface area (Å²) >= 11 is 5.85. The summed E-state index contributed by atoms with van der Waals surface area (Å²) in [5, 5.41) is 3.28. The van der Waals surface area contributed by atoms with Crippen molar-refractivity contribution in [2.75, 3.05) is 31.1 Å². The second-order valence-corrected chi connectivity index (χ2v) is 8.64. The number of carbonyl (C=O) groups excluding carboxylic acids is 1. The molecule has 0 heterocycles. The van der Waals surface area contributed by atoms with Crippen molar-refractivity contribution in [1.29, 1.82) is 0 Å². The lowest BCUT2D eigenvalue weighted by Gasteiger charge is -2.22. The summed E-state index contributed by atoms with van der Waals surface area (Å²) in [6, 6.07) is 11.0. The van der Waals surface area contributed by atoms with Crippen LogP contribution in [0.5, 0.6) is 0 Å². The van der Waals surface area contributed by atoms with Gasteiger partial charge in [-0.25, -0.2) is 8.42 Å². The lowest BCUT2D eigenvalue weighted by Crippen LogP contribution is -2.28. The Kier molecular flexibility index (Phi) is 7.86. The molecule has 1 N–H and O–H groups in total. The quantitative estimate of drug-likeness (QED) is 0.623. The third kappa shape index (κ3) is 5.47. The van der Waals surface area contributed by atoms with E-state index in [0.717, 1.165) is 5.56 Å². The fourth-order valence-corrected chi connectivity index (χ4v) is 3.98. The maximum Gasteiger partial charge on any atom is 0.264 e. The zero-order chi connectivity index (χ0) is 20.7. The van der Waals surface area contributed by atoms with E-state index in [-0.39, 0.29) is 10.8 Å². The number of hydrogen-bond donors (Lipinski definition) is 1. The number of rotatable bonds is 9. The number of nitrogens with one attached hydrogen (secondary N) is 1. The van der Waals surface area contributed by atoms with E-state index in [1.165, 1.54) is 35.6 Å². The SMILES string of the molecule is CCOCCCNC(=O)c1ccc(C)c(N(C)S(=O)(=O)c2ccc(Cl)cc2)c1. The van der Waals surface area contributed by atoms with Crippen LogP contribution in [0.2, 0.25) is 5.02 Å². The highest BCUT2D eigenvalue weighted by molar-refractivity contribution is 7.92. The Morgan fingerprint density at radius 3 is 2.50 bits per heavy atom. The summed E-state index contributed by atoms with van der Waals surface area (Å²) in [4.78, 5) is 12.5. The zero-order valence-corrected chi connectivity index (χ0v) is 17.8. The predicted molar refractivity (Wildman–Crippen MR) is 112 cm³/mol. The van der Waals surface area contributed by atoms with Crippen LogP contribution in [-0.2, 0) is 14.8 Å². The standard InChI is InChI=1S/C20H25ClN2O4S/c1-4-27-13-5-12-22-20(24)16-7-6-15(2)19(14-16)23(3)28(25,26)18-10-8-17(21)9-11-18/h6-11,14H,4-5,12-13H2,1-3H3,(H,22,24). The van der Waals surface area contributed by atoms with Gasteiger partial charge in [-0.15, -0.1) is 0 Å². The molecule has 8 heteroatoms. The van der Waals surface area contributed by atoms with Gasteiger partial charge in [-0.3, -0.25) is 9.10 Å². The van der Waals surface area contributed by atoms with Gasteiger partial charge in [0.05, 0.1) is 10.6 Å². The smallest absolute Gasteiger partial charge is 0.264 e. The third-order valence-electron chi connectivity index (χ3n) is 4.24. The van der Waals surface area contributed by atoms with Crippen LogP contribution in [0.3, 0.4) is 0 Å². The van der Waals surface area contributed by atoms with Crippen molar-refractivity contribution >= 4 is 33.2 Å². The lowest BCUT2D eigenvalue weighted by molar-refractivity contribution is 0.0944. The molecule has 28 heavy (non-hydrogen) atoms. The van der Waals surface area contributed by atoms with E-state index in [0.29, 0.717) is 42.5 Å². The van der Waals surface area contributed by atoms with Gasteiger partial charge < -0.3 is 10.1 Å². The van der Waals surface area contributed by atoms with Crippen LogP contribution in [0.15, 0.2) is 47.4 Å². The molecular weight excluding hydrogens is 400 g/mol. The molecule has 0 saturated heterocycles. The first-order valence-corrected chi connectivity index (χ1v) is 10.8. The van der Waals surface area contributed by atoms with Crippen LogP contribution in [0, 0.1) is 6.92 Å². The number of aryl methyl sites for hydroxylation is 1. The van der Waals surface area contributed by atoms with E-state index in [4.69, 9.17) is 16.3 Å². The predicted octanol–water partition coefficient (Wildman–Crippen LogP) is 3.63. The first-order valence-electron chi connectivity index (χ1n) is 8.98. The van der Waals surface area contributed by atoms with Crippen LogP contribution < -0.4 is 9.62 Å². The molecule has 0 aliphatic heterocycles. The van der Waals surface area contributed by atoms with Crippen LogP contribution in [0.1, 0.15) is 29.3 Å². The summed E-state index contributed by atoms with van der Waals surface area (Å²) in [5.41, 5.74) is 1.58. The van der Waals surface area contributed by atoms with Crippen LogP contribution in [0.4, 0.5) is 5.69 Å². The summed E-state index contributed by atoms with van der Waals surface area (Å²) in [5.74, 6) is -0.255. The van der Waals surface area contributed by atoms with E-state index < -0.39 is 10.0 Å². The van der Waals surface area contributed by atoms with Crippen molar-refractivity contribution in [1.82, 2.24) is 5.32 Å². The van der Waals surface area contributed by atoms with Crippen molar-refractivity contribution in [3.05, 3.63) is 58.6 Å². The molecule has 0 aliphatic rings. The van der Waals surface area contributed by atoms with E-state index in [2.05, 4.69) is 5.32 Å². The van der Waals surface area contributed by atoms with Crippen molar-refractivity contribution in [3.63, 3.8) is 0 Å². The van der Waals surface area contributed by atoms with Gasteiger partial charge in [0, 0.05) is 37.4 Å². The molecule has 0 aromatic heterocycles. The molecule has 0 bridgehead atoms. The summed E-state index contributed by atoms with van der Waals surface area (Å²) in [6.45, 7) is 5.43. The Morgan fingerprint density at radius 2 is 1.86 bits per heavy atom. The number of carbonyl (C=O) groups is 1. The second-order valence-electron chi connectivity index (χ2n) is 6.23. The summed E-state index contributed by atoms with van der Waals surface area (Å²) in [6.07, 6.45) is 0.711. The highest BCUT2D eigenvalue weighted by Crippen LogP contribution is 2.27. The molecule has 0 spiro atoms. The molecule has 0 radical (unpaired) electrons. The topological polar surface area (TPSA) is 75.7 Å². The lowest BCUT2D eigenvalue weighted by atomic mass is 10.1. The molecule has 0 fully saturated rings. The summed E-state index contributed by atoms with van der Waals surface area (Å²) in [7, 11) is -2.31. The van der Waals surface area contributed by atoms with Crippen molar-refractivity contribution < 1.29 is 17.9 Å². The number of sulfonamides is 1. The molecule has 2 rings (SSSR count). The fraction of sp³-hybridized carbons (Fsp3) is 0.350. The number of halogens is 1. The van der Waals surface area contributed by atoms with Gasteiger partial charge in [0.15, 0.2) is 0 Å². The molecule has 2 aromatic carbocycles. The molecule has 6 nitrogen and oxygen atoms in total. The monoisotopic (exact) mass is 424 g/mol. The number of anilines is 1. The summed E-state index contributed by atoms with van der Waals surface area (Å²) < 4.78 is 32.3. The highest BCUT2D eigenvalue weighted by atomic mass is 35.5. The van der Waals surface area contributed by atoms with Gasteiger partial charge in [-0.05, 0) is 62.2 Å². The Hall–Kier alpha value is -2.09.